The molecule has 0 aliphatic rings. The van der Waals surface area contributed by atoms with Crippen molar-refractivity contribution in [2.45, 2.75) is 39.7 Å². The van der Waals surface area contributed by atoms with Crippen LogP contribution in [0.2, 0.25) is 5.02 Å². The predicted molar refractivity (Wildman–Crippen MR) is 136 cm³/mol. The van der Waals surface area contributed by atoms with Crippen LogP contribution in [0.5, 0.6) is 5.75 Å². The Bertz CT molecular complexity index is 1370. The van der Waals surface area contributed by atoms with Crippen molar-refractivity contribution in [3.05, 3.63) is 71.7 Å². The van der Waals surface area contributed by atoms with Gasteiger partial charge in [-0.05, 0) is 44.5 Å². The summed E-state index contributed by atoms with van der Waals surface area (Å²) in [5.41, 5.74) is -0.238. The molecule has 3 rings (SSSR count). The van der Waals surface area contributed by atoms with Crippen molar-refractivity contribution in [3.63, 3.8) is 0 Å². The van der Waals surface area contributed by atoms with Gasteiger partial charge in [-0.1, -0.05) is 34.5 Å². The van der Waals surface area contributed by atoms with Crippen LogP contribution in [0, 0.1) is 10.1 Å². The number of nitrogens with zero attached hydrogens (tertiary/aromatic N) is 4. The number of nitro groups is 1. The van der Waals surface area contributed by atoms with E-state index in [1.165, 1.54) is 12.3 Å². The average Bonchev–Trinajstić information content (AvgIpc) is 2.78. The number of esters is 1. The summed E-state index contributed by atoms with van der Waals surface area (Å²) in [6.07, 6.45) is 2.02. The molecule has 0 atom stereocenters. The minimum absolute atomic E-state index is 0.0527. The summed E-state index contributed by atoms with van der Waals surface area (Å²) >= 11 is 9.44. The van der Waals surface area contributed by atoms with Gasteiger partial charge in [0.1, 0.15) is 5.82 Å². The summed E-state index contributed by atoms with van der Waals surface area (Å²) in [6.45, 7) is 4.72. The second-order valence-electron chi connectivity index (χ2n) is 7.73. The highest BCUT2D eigenvalue weighted by atomic mass is 79.9. The number of benzene rings is 2. The third-order valence-corrected chi connectivity index (χ3v) is 5.33. The number of ether oxygens (including phenoxy) is 2. The SMILES string of the molecule is CCCc1nc2ccc(Br)cc2c(=O)n1N=Cc1cc(Cl)cc([N+](=O)[O-])c1OCC(=O)OC(C)C. The van der Waals surface area contributed by atoms with E-state index in [0.29, 0.717) is 34.0 Å². The van der Waals surface area contributed by atoms with Crippen LogP contribution in [0.3, 0.4) is 0 Å². The van der Waals surface area contributed by atoms with Gasteiger partial charge in [-0.15, -0.1) is 0 Å². The molecule has 1 heterocycles. The van der Waals surface area contributed by atoms with E-state index in [9.17, 15) is 19.7 Å². The fourth-order valence-corrected chi connectivity index (χ4v) is 3.82. The van der Waals surface area contributed by atoms with Crippen LogP contribution in [-0.2, 0) is 16.0 Å². The van der Waals surface area contributed by atoms with E-state index in [2.05, 4.69) is 26.0 Å². The van der Waals surface area contributed by atoms with Crippen LogP contribution in [0.4, 0.5) is 5.69 Å². The van der Waals surface area contributed by atoms with Crippen molar-refractivity contribution in [3.8, 4) is 5.75 Å². The Morgan fingerprint density at radius 2 is 2.09 bits per heavy atom. The highest BCUT2D eigenvalue weighted by Crippen LogP contribution is 2.34. The van der Waals surface area contributed by atoms with Gasteiger partial charge in [0, 0.05) is 27.5 Å². The topological polar surface area (TPSA) is 126 Å². The van der Waals surface area contributed by atoms with Crippen LogP contribution in [-0.4, -0.2) is 39.5 Å². The summed E-state index contributed by atoms with van der Waals surface area (Å²) in [4.78, 5) is 40.6. The Hall–Kier alpha value is -3.31. The molecule has 0 aliphatic heterocycles. The highest BCUT2D eigenvalue weighted by molar-refractivity contribution is 9.10. The normalized spacial score (nSPS) is 11.4. The Balaban J connectivity index is 2.11. The second kappa shape index (κ2) is 11.4. The predicted octanol–water partition coefficient (Wildman–Crippen LogP) is 4.89. The van der Waals surface area contributed by atoms with E-state index in [-0.39, 0.29) is 22.4 Å². The maximum absolute atomic E-state index is 13.2. The van der Waals surface area contributed by atoms with Gasteiger partial charge in [0.25, 0.3) is 5.56 Å². The number of hydrogen-bond donors (Lipinski definition) is 0. The molecule has 12 heteroatoms. The number of aryl methyl sites for hydroxylation is 1. The third kappa shape index (κ3) is 6.43. The molecule has 184 valence electrons. The van der Waals surface area contributed by atoms with Crippen molar-refractivity contribution in [1.82, 2.24) is 9.66 Å². The van der Waals surface area contributed by atoms with Crippen LogP contribution in [0.15, 0.2) is 44.7 Å². The zero-order chi connectivity index (χ0) is 25.7. The molecule has 0 N–H and O–H groups in total. The molecule has 0 radical (unpaired) electrons. The quantitative estimate of drug-likeness (QED) is 0.157. The molecular weight excluding hydrogens is 544 g/mol. The van der Waals surface area contributed by atoms with Gasteiger partial charge >= 0.3 is 11.7 Å². The third-order valence-electron chi connectivity index (χ3n) is 4.62. The van der Waals surface area contributed by atoms with Crippen LogP contribution < -0.4 is 10.3 Å². The summed E-state index contributed by atoms with van der Waals surface area (Å²) in [6, 6.07) is 7.65. The summed E-state index contributed by atoms with van der Waals surface area (Å²) in [5, 5.41) is 16.3. The zero-order valence-corrected chi connectivity index (χ0v) is 21.5. The van der Waals surface area contributed by atoms with E-state index >= 15 is 0 Å². The Kier molecular flexibility index (Phi) is 8.57. The molecule has 10 nitrogen and oxygen atoms in total. The molecule has 2 aromatic carbocycles. The maximum atomic E-state index is 13.2. The van der Waals surface area contributed by atoms with Crippen molar-refractivity contribution in [2.75, 3.05) is 6.61 Å². The number of carbonyl (C=O) groups excluding carboxylic acids is 1. The molecule has 0 bridgehead atoms. The molecule has 0 spiro atoms. The largest absolute Gasteiger partial charge is 0.474 e. The Morgan fingerprint density at radius 3 is 2.74 bits per heavy atom. The van der Waals surface area contributed by atoms with Gasteiger partial charge in [0.2, 0.25) is 5.75 Å². The van der Waals surface area contributed by atoms with E-state index in [1.54, 1.807) is 32.0 Å². The van der Waals surface area contributed by atoms with Crippen LogP contribution in [0.25, 0.3) is 10.9 Å². The molecule has 0 aliphatic carbocycles. The lowest BCUT2D eigenvalue weighted by Gasteiger charge is -2.12. The summed E-state index contributed by atoms with van der Waals surface area (Å²) in [7, 11) is 0. The van der Waals surface area contributed by atoms with Crippen molar-refractivity contribution in [2.24, 2.45) is 5.10 Å². The summed E-state index contributed by atoms with van der Waals surface area (Å²) in [5.74, 6) is -0.508. The zero-order valence-electron chi connectivity index (χ0n) is 19.2. The molecule has 0 fully saturated rings. The number of halogens is 2. The van der Waals surface area contributed by atoms with Gasteiger partial charge in [0.15, 0.2) is 6.61 Å². The number of hydrogen-bond acceptors (Lipinski definition) is 8. The standard InChI is InChI=1S/C23H22BrClN4O6/c1-4-5-20-27-18-7-6-15(24)9-17(18)23(31)28(20)26-11-14-8-16(25)10-19(29(32)33)22(14)34-12-21(30)35-13(2)3/h6-11,13H,4-5,12H2,1-3H3. The van der Waals surface area contributed by atoms with E-state index in [4.69, 9.17) is 21.1 Å². The first kappa shape index (κ1) is 26.3. The lowest BCUT2D eigenvalue weighted by molar-refractivity contribution is -0.385. The fraction of sp³-hybridized carbons (Fsp3) is 0.304. The van der Waals surface area contributed by atoms with Gasteiger partial charge in [-0.3, -0.25) is 14.9 Å². The first-order valence-electron chi connectivity index (χ1n) is 10.7. The average molecular weight is 566 g/mol. The molecule has 0 unspecified atom stereocenters. The number of rotatable bonds is 9. The molecule has 35 heavy (non-hydrogen) atoms. The van der Waals surface area contributed by atoms with Crippen LogP contribution >= 0.6 is 27.5 Å². The van der Waals surface area contributed by atoms with Gasteiger partial charge in [-0.2, -0.15) is 9.78 Å². The maximum Gasteiger partial charge on any atom is 0.344 e. The van der Waals surface area contributed by atoms with E-state index < -0.39 is 28.7 Å². The Labute approximate surface area is 213 Å². The van der Waals surface area contributed by atoms with Gasteiger partial charge in [-0.25, -0.2) is 9.78 Å². The number of aromatic nitrogens is 2. The molecular formula is C23H22BrClN4O6. The second-order valence-corrected chi connectivity index (χ2v) is 9.08. The number of fused-ring (bicyclic) bond motifs is 1. The molecule has 0 saturated heterocycles. The van der Waals surface area contributed by atoms with Gasteiger partial charge in [0.05, 0.1) is 28.1 Å². The van der Waals surface area contributed by atoms with Crippen LogP contribution in [0.1, 0.15) is 38.6 Å². The lowest BCUT2D eigenvalue weighted by Crippen LogP contribution is -2.22. The number of nitro benzene ring substituents is 1. The first-order valence-corrected chi connectivity index (χ1v) is 11.8. The highest BCUT2D eigenvalue weighted by Gasteiger charge is 2.22. The van der Waals surface area contributed by atoms with E-state index in [0.717, 1.165) is 10.7 Å². The lowest BCUT2D eigenvalue weighted by atomic mass is 10.2. The number of carbonyl (C=O) groups is 1. The Morgan fingerprint density at radius 1 is 1.34 bits per heavy atom. The molecule has 1 aromatic heterocycles. The van der Waals surface area contributed by atoms with Crippen molar-refractivity contribution < 1.29 is 19.2 Å². The van der Waals surface area contributed by atoms with Crippen molar-refractivity contribution in [1.29, 1.82) is 0 Å². The first-order chi connectivity index (χ1) is 16.6. The molecule has 3 aromatic rings. The van der Waals surface area contributed by atoms with Gasteiger partial charge < -0.3 is 9.47 Å². The molecule has 0 saturated carbocycles. The van der Waals surface area contributed by atoms with E-state index in [1.807, 2.05) is 6.92 Å². The van der Waals surface area contributed by atoms with Crippen molar-refractivity contribution >= 4 is 56.3 Å². The molecule has 0 amide bonds. The summed E-state index contributed by atoms with van der Waals surface area (Å²) < 4.78 is 12.3. The monoisotopic (exact) mass is 564 g/mol. The fourth-order valence-electron chi connectivity index (χ4n) is 3.24. The minimum Gasteiger partial charge on any atom is -0.474 e. The minimum atomic E-state index is -0.696. The smallest absolute Gasteiger partial charge is 0.344 e.